The number of hydrogen-bond donors (Lipinski definition) is 2. The molecule has 0 saturated carbocycles. The van der Waals surface area contributed by atoms with Crippen molar-refractivity contribution >= 4 is 5.91 Å². The molecule has 1 aromatic rings. The highest BCUT2D eigenvalue weighted by Crippen LogP contribution is 2.06. The molecule has 1 aliphatic rings. The SMILES string of the molecule is CN1CCC(NC(=O)c2c[nH]ccc2=O)C1. The summed E-state index contributed by atoms with van der Waals surface area (Å²) in [6, 6.07) is 1.51. The van der Waals surface area contributed by atoms with Crippen LogP contribution in [0.2, 0.25) is 0 Å². The summed E-state index contributed by atoms with van der Waals surface area (Å²) in [7, 11) is 2.02. The van der Waals surface area contributed by atoms with Crippen LogP contribution in [0, 0.1) is 0 Å². The quantitative estimate of drug-likeness (QED) is 0.727. The van der Waals surface area contributed by atoms with Crippen LogP contribution in [0.25, 0.3) is 0 Å². The average Bonchev–Trinajstić information content (AvgIpc) is 2.64. The zero-order valence-electron chi connectivity index (χ0n) is 9.19. The van der Waals surface area contributed by atoms with Gasteiger partial charge in [0.15, 0.2) is 5.43 Å². The first-order valence-electron chi connectivity index (χ1n) is 5.33. The van der Waals surface area contributed by atoms with E-state index in [-0.39, 0.29) is 22.9 Å². The number of amides is 1. The van der Waals surface area contributed by atoms with E-state index in [4.69, 9.17) is 0 Å². The van der Waals surface area contributed by atoms with Gasteiger partial charge in [0.2, 0.25) is 0 Å². The van der Waals surface area contributed by atoms with E-state index in [1.54, 1.807) is 0 Å². The van der Waals surface area contributed by atoms with Gasteiger partial charge in [0.25, 0.3) is 5.91 Å². The van der Waals surface area contributed by atoms with Gasteiger partial charge in [-0.25, -0.2) is 0 Å². The van der Waals surface area contributed by atoms with Gasteiger partial charge in [-0.3, -0.25) is 9.59 Å². The molecule has 5 heteroatoms. The van der Waals surface area contributed by atoms with Gasteiger partial charge in [-0.05, 0) is 20.0 Å². The topological polar surface area (TPSA) is 65.2 Å². The third kappa shape index (κ3) is 2.30. The normalized spacial score (nSPS) is 20.9. The van der Waals surface area contributed by atoms with Gasteiger partial charge in [-0.15, -0.1) is 0 Å². The van der Waals surface area contributed by atoms with E-state index in [2.05, 4.69) is 15.2 Å². The van der Waals surface area contributed by atoms with Crippen molar-refractivity contribution in [2.45, 2.75) is 12.5 Å². The summed E-state index contributed by atoms with van der Waals surface area (Å²) < 4.78 is 0. The van der Waals surface area contributed by atoms with E-state index in [0.717, 1.165) is 19.5 Å². The molecule has 2 heterocycles. The number of carbonyl (C=O) groups excluding carboxylic acids is 1. The van der Waals surface area contributed by atoms with Crippen LogP contribution in [0.3, 0.4) is 0 Å². The van der Waals surface area contributed by atoms with E-state index in [0.29, 0.717) is 0 Å². The van der Waals surface area contributed by atoms with Crippen molar-refractivity contribution in [3.05, 3.63) is 34.2 Å². The molecular weight excluding hydrogens is 206 g/mol. The summed E-state index contributed by atoms with van der Waals surface area (Å²) >= 11 is 0. The Morgan fingerprint density at radius 1 is 1.62 bits per heavy atom. The second-order valence-electron chi connectivity index (χ2n) is 4.14. The number of aromatic amines is 1. The molecule has 1 aliphatic heterocycles. The van der Waals surface area contributed by atoms with Crippen LogP contribution >= 0.6 is 0 Å². The minimum Gasteiger partial charge on any atom is -0.367 e. The number of likely N-dealkylation sites (tertiary alicyclic amines) is 1. The number of pyridine rings is 1. The highest BCUT2D eigenvalue weighted by Gasteiger charge is 2.22. The molecule has 1 saturated heterocycles. The minimum absolute atomic E-state index is 0.150. The molecule has 2 rings (SSSR count). The van der Waals surface area contributed by atoms with Gasteiger partial charge in [0, 0.05) is 31.0 Å². The van der Waals surface area contributed by atoms with Crippen LogP contribution in [0.5, 0.6) is 0 Å². The fourth-order valence-corrected chi connectivity index (χ4v) is 1.91. The Bertz CT molecular complexity index is 441. The number of nitrogens with zero attached hydrogens (tertiary/aromatic N) is 1. The third-order valence-electron chi connectivity index (χ3n) is 2.80. The Morgan fingerprint density at radius 3 is 3.06 bits per heavy atom. The van der Waals surface area contributed by atoms with Gasteiger partial charge in [0.05, 0.1) is 0 Å². The molecule has 1 unspecified atom stereocenters. The number of rotatable bonds is 2. The van der Waals surface area contributed by atoms with E-state index in [1.807, 2.05) is 7.05 Å². The van der Waals surface area contributed by atoms with Crippen molar-refractivity contribution in [3.8, 4) is 0 Å². The molecule has 1 atom stereocenters. The fraction of sp³-hybridized carbons (Fsp3) is 0.455. The van der Waals surface area contributed by atoms with E-state index in [9.17, 15) is 9.59 Å². The van der Waals surface area contributed by atoms with Gasteiger partial charge in [0.1, 0.15) is 5.56 Å². The Balaban J connectivity index is 2.04. The highest BCUT2D eigenvalue weighted by atomic mass is 16.2. The van der Waals surface area contributed by atoms with Crippen molar-refractivity contribution < 1.29 is 4.79 Å². The van der Waals surface area contributed by atoms with Crippen LogP contribution < -0.4 is 10.7 Å². The van der Waals surface area contributed by atoms with E-state index in [1.165, 1.54) is 18.5 Å². The maximum atomic E-state index is 11.8. The molecule has 1 amide bonds. The lowest BCUT2D eigenvalue weighted by Gasteiger charge is -2.12. The predicted molar refractivity (Wildman–Crippen MR) is 60.4 cm³/mol. The molecule has 1 aromatic heterocycles. The molecular formula is C11H15N3O2. The standard InChI is InChI=1S/C11H15N3O2/c1-14-5-3-8(7-14)13-11(16)9-6-12-4-2-10(9)15/h2,4,6,8H,3,5,7H2,1H3,(H,12,15)(H,13,16). The minimum atomic E-state index is -0.290. The van der Waals surface area contributed by atoms with Gasteiger partial charge in [-0.2, -0.15) is 0 Å². The Hall–Kier alpha value is -1.62. The van der Waals surface area contributed by atoms with Crippen LogP contribution in [0.15, 0.2) is 23.3 Å². The predicted octanol–water partition coefficient (Wildman–Crippen LogP) is -0.191. The van der Waals surface area contributed by atoms with Gasteiger partial charge >= 0.3 is 0 Å². The molecule has 86 valence electrons. The molecule has 0 aliphatic carbocycles. The Morgan fingerprint density at radius 2 is 2.44 bits per heavy atom. The second-order valence-corrected chi connectivity index (χ2v) is 4.14. The summed E-state index contributed by atoms with van der Waals surface area (Å²) in [5.41, 5.74) is -0.0698. The summed E-state index contributed by atoms with van der Waals surface area (Å²) in [5, 5.41) is 2.87. The van der Waals surface area contributed by atoms with Crippen molar-refractivity contribution in [3.63, 3.8) is 0 Å². The number of likely N-dealkylation sites (N-methyl/N-ethyl adjacent to an activating group) is 1. The molecule has 16 heavy (non-hydrogen) atoms. The largest absolute Gasteiger partial charge is 0.367 e. The smallest absolute Gasteiger partial charge is 0.257 e. The monoisotopic (exact) mass is 221 g/mol. The van der Waals surface area contributed by atoms with Crippen molar-refractivity contribution in [2.75, 3.05) is 20.1 Å². The average molecular weight is 221 g/mol. The first-order chi connectivity index (χ1) is 7.66. The number of aromatic nitrogens is 1. The molecule has 0 radical (unpaired) electrons. The van der Waals surface area contributed by atoms with Crippen LogP contribution in [-0.2, 0) is 0 Å². The number of nitrogens with one attached hydrogen (secondary N) is 2. The maximum absolute atomic E-state index is 11.8. The van der Waals surface area contributed by atoms with Crippen LogP contribution in [0.4, 0.5) is 0 Å². The van der Waals surface area contributed by atoms with Crippen LogP contribution in [-0.4, -0.2) is 42.0 Å². The molecule has 0 aromatic carbocycles. The Kier molecular flexibility index (Phi) is 3.05. The van der Waals surface area contributed by atoms with Crippen molar-refractivity contribution in [1.29, 1.82) is 0 Å². The summed E-state index contributed by atoms with van der Waals surface area (Å²) in [6.45, 7) is 1.83. The fourth-order valence-electron chi connectivity index (χ4n) is 1.91. The summed E-state index contributed by atoms with van der Waals surface area (Å²) in [6.07, 6.45) is 3.89. The third-order valence-corrected chi connectivity index (χ3v) is 2.80. The zero-order valence-corrected chi connectivity index (χ0v) is 9.19. The molecule has 0 bridgehead atoms. The first kappa shape index (κ1) is 10.9. The number of hydrogen-bond acceptors (Lipinski definition) is 3. The molecule has 0 spiro atoms. The van der Waals surface area contributed by atoms with Gasteiger partial charge < -0.3 is 15.2 Å². The van der Waals surface area contributed by atoms with Crippen LogP contribution in [0.1, 0.15) is 16.8 Å². The zero-order chi connectivity index (χ0) is 11.5. The Labute approximate surface area is 93.5 Å². The first-order valence-corrected chi connectivity index (χ1v) is 5.33. The number of carbonyl (C=O) groups is 1. The van der Waals surface area contributed by atoms with E-state index >= 15 is 0 Å². The van der Waals surface area contributed by atoms with Gasteiger partial charge in [-0.1, -0.05) is 0 Å². The maximum Gasteiger partial charge on any atom is 0.257 e. The van der Waals surface area contributed by atoms with Crippen molar-refractivity contribution in [2.24, 2.45) is 0 Å². The molecule has 2 N–H and O–H groups in total. The second kappa shape index (κ2) is 4.49. The number of H-pyrrole nitrogens is 1. The highest BCUT2D eigenvalue weighted by molar-refractivity contribution is 5.93. The summed E-state index contributed by atoms with van der Waals surface area (Å²) in [4.78, 5) is 28.1. The molecule has 5 nitrogen and oxygen atoms in total. The summed E-state index contributed by atoms with van der Waals surface area (Å²) in [5.74, 6) is -0.290. The lowest BCUT2D eigenvalue weighted by atomic mass is 10.2. The lowest BCUT2D eigenvalue weighted by Crippen LogP contribution is -2.38. The van der Waals surface area contributed by atoms with E-state index < -0.39 is 0 Å². The lowest BCUT2D eigenvalue weighted by molar-refractivity contribution is 0.0937. The molecule has 1 fully saturated rings. The van der Waals surface area contributed by atoms with Crippen molar-refractivity contribution in [1.82, 2.24) is 15.2 Å².